The average Bonchev–Trinajstić information content (AvgIpc) is 3.14. The first-order valence-electron chi connectivity index (χ1n) is 8.69. The largest absolute Gasteiger partial charge is 0.256 e. The monoisotopic (exact) mass is 350 g/mol. The van der Waals surface area contributed by atoms with Crippen LogP contribution >= 0.6 is 11.8 Å². The Morgan fingerprint density at radius 3 is 2.52 bits per heavy atom. The Labute approximate surface area is 152 Å². The Hall–Kier alpha value is -2.01. The molecule has 0 saturated carbocycles. The molecule has 0 saturated heterocycles. The first kappa shape index (κ1) is 16.5. The zero-order chi connectivity index (χ0) is 17.4. The highest BCUT2D eigenvalue weighted by Crippen LogP contribution is 2.40. The highest BCUT2D eigenvalue weighted by molar-refractivity contribution is 7.98. The van der Waals surface area contributed by atoms with E-state index in [2.05, 4.69) is 66.5 Å². The van der Waals surface area contributed by atoms with Crippen LogP contribution in [0.15, 0.2) is 45.8 Å². The van der Waals surface area contributed by atoms with Crippen molar-refractivity contribution in [2.75, 3.05) is 12.3 Å². The molecule has 2 aromatic rings. The van der Waals surface area contributed by atoms with Gasteiger partial charge in [0.1, 0.15) is 6.54 Å². The summed E-state index contributed by atoms with van der Waals surface area (Å²) in [5.41, 5.74) is 8.26. The summed E-state index contributed by atoms with van der Waals surface area (Å²) < 4.78 is 0. The number of nitrogens with zero attached hydrogens (tertiary/aromatic N) is 4. The van der Waals surface area contributed by atoms with Gasteiger partial charge in [-0.1, -0.05) is 51.1 Å². The van der Waals surface area contributed by atoms with Gasteiger partial charge in [0.25, 0.3) is 0 Å². The van der Waals surface area contributed by atoms with E-state index in [9.17, 15) is 0 Å². The molecule has 0 atom stereocenters. The zero-order valence-electron chi connectivity index (χ0n) is 14.9. The van der Waals surface area contributed by atoms with E-state index in [0.717, 1.165) is 34.9 Å². The van der Waals surface area contributed by atoms with Gasteiger partial charge in [0, 0.05) is 22.4 Å². The van der Waals surface area contributed by atoms with Crippen molar-refractivity contribution in [2.45, 2.75) is 38.4 Å². The van der Waals surface area contributed by atoms with Crippen molar-refractivity contribution in [3.63, 3.8) is 0 Å². The van der Waals surface area contributed by atoms with Crippen LogP contribution in [0.25, 0.3) is 11.1 Å². The fourth-order valence-electron chi connectivity index (χ4n) is 3.47. The van der Waals surface area contributed by atoms with Crippen LogP contribution in [0, 0.1) is 0 Å². The van der Waals surface area contributed by atoms with E-state index >= 15 is 0 Å². The summed E-state index contributed by atoms with van der Waals surface area (Å²) in [6.45, 7) is 7.21. The maximum absolute atomic E-state index is 5.14. The van der Waals surface area contributed by atoms with Gasteiger partial charge < -0.3 is 0 Å². The molecule has 3 heterocycles. The second-order valence-corrected chi connectivity index (χ2v) is 8.60. The molecule has 0 amide bonds. The minimum Gasteiger partial charge on any atom is -0.256 e. The van der Waals surface area contributed by atoms with Crippen LogP contribution in [-0.4, -0.2) is 23.0 Å². The Kier molecular flexibility index (Phi) is 4.20. The third kappa shape index (κ3) is 3.01. The van der Waals surface area contributed by atoms with E-state index in [1.807, 2.05) is 11.8 Å². The molecule has 0 radical (unpaired) electrons. The number of benzene rings is 1. The predicted octanol–water partition coefficient (Wildman–Crippen LogP) is 5.01. The number of pyridine rings is 1. The second kappa shape index (κ2) is 6.37. The van der Waals surface area contributed by atoms with Gasteiger partial charge in [0.2, 0.25) is 0 Å². The molecular weight excluding hydrogens is 328 g/mol. The number of rotatable bonds is 2. The SMILES string of the molecule is CC(C)(C)c1nc2c(c(-c3ccccc3)c1C1=NN=NC1)CSCC2. The van der Waals surface area contributed by atoms with E-state index in [4.69, 9.17) is 4.98 Å². The summed E-state index contributed by atoms with van der Waals surface area (Å²) in [6, 6.07) is 10.6. The fourth-order valence-corrected chi connectivity index (χ4v) is 4.47. The lowest BCUT2D eigenvalue weighted by Crippen LogP contribution is -2.24. The molecule has 2 aliphatic rings. The molecule has 0 spiro atoms. The molecule has 0 N–H and O–H groups in total. The Morgan fingerprint density at radius 2 is 1.84 bits per heavy atom. The minimum atomic E-state index is -0.0659. The maximum Gasteiger partial charge on any atom is 0.107 e. The number of hydrogen-bond donors (Lipinski definition) is 0. The number of hydrogen-bond acceptors (Lipinski definition) is 5. The lowest BCUT2D eigenvalue weighted by molar-refractivity contribution is 0.564. The fraction of sp³-hybridized carbons (Fsp3) is 0.400. The van der Waals surface area contributed by atoms with Crippen molar-refractivity contribution in [2.24, 2.45) is 15.4 Å². The van der Waals surface area contributed by atoms with Gasteiger partial charge in [-0.05, 0) is 34.1 Å². The number of aromatic nitrogens is 1. The highest BCUT2D eigenvalue weighted by atomic mass is 32.2. The third-order valence-electron chi connectivity index (χ3n) is 4.62. The Bertz CT molecular complexity index is 864. The zero-order valence-corrected chi connectivity index (χ0v) is 15.7. The van der Waals surface area contributed by atoms with Crippen molar-refractivity contribution >= 4 is 17.5 Å². The molecule has 128 valence electrons. The topological polar surface area (TPSA) is 50.0 Å². The molecule has 0 aliphatic carbocycles. The van der Waals surface area contributed by atoms with Crippen molar-refractivity contribution < 1.29 is 0 Å². The van der Waals surface area contributed by atoms with E-state index in [1.165, 1.54) is 22.4 Å². The third-order valence-corrected chi connectivity index (χ3v) is 5.61. The van der Waals surface area contributed by atoms with Crippen molar-refractivity contribution in [3.05, 3.63) is 52.8 Å². The molecule has 0 unspecified atom stereocenters. The molecule has 4 nitrogen and oxygen atoms in total. The van der Waals surface area contributed by atoms with Gasteiger partial charge in [0.15, 0.2) is 0 Å². The number of aryl methyl sites for hydroxylation is 1. The molecule has 1 aromatic carbocycles. The smallest absolute Gasteiger partial charge is 0.107 e. The second-order valence-electron chi connectivity index (χ2n) is 7.49. The van der Waals surface area contributed by atoms with Gasteiger partial charge in [-0.25, -0.2) is 0 Å². The summed E-state index contributed by atoms with van der Waals surface area (Å²) >= 11 is 1.98. The van der Waals surface area contributed by atoms with Gasteiger partial charge in [-0.3, -0.25) is 4.98 Å². The molecule has 0 fully saturated rings. The van der Waals surface area contributed by atoms with Crippen molar-refractivity contribution in [1.82, 2.24) is 4.98 Å². The molecule has 0 bridgehead atoms. The first-order valence-corrected chi connectivity index (χ1v) is 9.84. The van der Waals surface area contributed by atoms with Crippen LogP contribution in [0.5, 0.6) is 0 Å². The lowest BCUT2D eigenvalue weighted by Gasteiger charge is -2.29. The van der Waals surface area contributed by atoms with E-state index < -0.39 is 0 Å². The Balaban J connectivity index is 2.08. The first-order chi connectivity index (χ1) is 12.1. The minimum absolute atomic E-state index is 0.0659. The molecule has 25 heavy (non-hydrogen) atoms. The van der Waals surface area contributed by atoms with E-state index in [-0.39, 0.29) is 5.41 Å². The predicted molar refractivity (Wildman–Crippen MR) is 104 cm³/mol. The summed E-state index contributed by atoms with van der Waals surface area (Å²) in [5.74, 6) is 2.15. The highest BCUT2D eigenvalue weighted by Gasteiger charge is 2.31. The summed E-state index contributed by atoms with van der Waals surface area (Å²) in [7, 11) is 0. The molecule has 4 rings (SSSR count). The van der Waals surface area contributed by atoms with Crippen molar-refractivity contribution in [3.8, 4) is 11.1 Å². The summed E-state index contributed by atoms with van der Waals surface area (Å²) in [6.07, 6.45) is 1.03. The molecule has 5 heteroatoms. The van der Waals surface area contributed by atoms with Gasteiger partial charge >= 0.3 is 0 Å². The number of fused-ring (bicyclic) bond motifs is 1. The maximum atomic E-state index is 5.14. The van der Waals surface area contributed by atoms with Crippen LogP contribution in [-0.2, 0) is 17.6 Å². The lowest BCUT2D eigenvalue weighted by atomic mass is 9.81. The van der Waals surface area contributed by atoms with Crippen LogP contribution in [0.2, 0.25) is 0 Å². The van der Waals surface area contributed by atoms with Crippen LogP contribution in [0.4, 0.5) is 0 Å². The Morgan fingerprint density at radius 1 is 1.04 bits per heavy atom. The summed E-state index contributed by atoms with van der Waals surface area (Å²) in [5, 5.41) is 12.3. The average molecular weight is 350 g/mol. The van der Waals surface area contributed by atoms with Gasteiger partial charge in [-0.2, -0.15) is 16.9 Å². The molecule has 1 aromatic heterocycles. The summed E-state index contributed by atoms with van der Waals surface area (Å²) in [4.78, 5) is 5.14. The number of thioether (sulfide) groups is 1. The van der Waals surface area contributed by atoms with Crippen LogP contribution < -0.4 is 0 Å². The molecular formula is C20H22N4S. The van der Waals surface area contributed by atoms with E-state index in [1.54, 1.807) is 0 Å². The van der Waals surface area contributed by atoms with Crippen LogP contribution in [0.1, 0.15) is 43.3 Å². The van der Waals surface area contributed by atoms with Gasteiger partial charge in [-0.15, -0.1) is 5.10 Å². The van der Waals surface area contributed by atoms with Crippen LogP contribution in [0.3, 0.4) is 0 Å². The van der Waals surface area contributed by atoms with E-state index in [0.29, 0.717) is 6.54 Å². The van der Waals surface area contributed by atoms with Gasteiger partial charge in [0.05, 0.1) is 11.4 Å². The van der Waals surface area contributed by atoms with Crippen molar-refractivity contribution in [1.29, 1.82) is 0 Å². The normalized spacial score (nSPS) is 16.7. The quantitative estimate of drug-likeness (QED) is 0.765. The molecule has 2 aliphatic heterocycles. The standard InChI is InChI=1S/C20H22N4S/c1-20(2,3)19-18(16-11-21-24-23-16)17(13-7-5-4-6-8-13)14-12-25-10-9-15(14)22-19/h4-8H,9-12H2,1-3H3.